The van der Waals surface area contributed by atoms with Crippen LogP contribution in [-0.2, 0) is 6.42 Å². The summed E-state index contributed by atoms with van der Waals surface area (Å²) in [6.45, 7) is 2.09. The van der Waals surface area contributed by atoms with E-state index in [1.807, 2.05) is 42.5 Å². The van der Waals surface area contributed by atoms with Crippen molar-refractivity contribution in [1.82, 2.24) is 0 Å². The predicted octanol–water partition coefficient (Wildman–Crippen LogP) is 3.52. The smallest absolute Gasteiger partial charge is 0.118 e. The number of methoxy groups -OCH3 is 1. The number of hydrogen-bond acceptors (Lipinski definition) is 4. The maximum Gasteiger partial charge on any atom is 0.118 e. The summed E-state index contributed by atoms with van der Waals surface area (Å²) in [5.41, 5.74) is 9.48. The first-order valence-electron chi connectivity index (χ1n) is 6.80. The lowest BCUT2D eigenvalue weighted by atomic mass is 10.1. The fourth-order valence-electron chi connectivity index (χ4n) is 2.16. The molecule has 0 saturated heterocycles. The molecule has 0 aliphatic heterocycles. The summed E-state index contributed by atoms with van der Waals surface area (Å²) < 4.78 is 5.16. The molecule has 4 heteroatoms. The molecule has 0 fully saturated rings. The Morgan fingerprint density at radius 3 is 2.57 bits per heavy atom. The zero-order valence-electron chi connectivity index (χ0n) is 12.3. The van der Waals surface area contributed by atoms with Crippen molar-refractivity contribution in [3.63, 3.8) is 0 Å². The second-order valence-corrected chi connectivity index (χ2v) is 4.89. The Balaban J connectivity index is 2.13. The Morgan fingerprint density at radius 1 is 1.24 bits per heavy atom. The molecule has 4 nitrogen and oxygen atoms in total. The van der Waals surface area contributed by atoms with Gasteiger partial charge in [-0.3, -0.25) is 0 Å². The highest BCUT2D eigenvalue weighted by Gasteiger charge is 2.07. The van der Waals surface area contributed by atoms with Gasteiger partial charge in [-0.1, -0.05) is 12.1 Å². The third-order valence-corrected chi connectivity index (χ3v) is 3.41. The highest BCUT2D eigenvalue weighted by Crippen LogP contribution is 2.24. The normalized spacial score (nSPS) is 11.5. The minimum absolute atomic E-state index is 0.148. The first-order valence-corrected chi connectivity index (χ1v) is 6.80. The number of hydrogen-bond donors (Lipinski definition) is 2. The van der Waals surface area contributed by atoms with Crippen LogP contribution in [0.4, 0.5) is 11.4 Å². The third-order valence-electron chi connectivity index (χ3n) is 3.41. The van der Waals surface area contributed by atoms with Crippen molar-refractivity contribution < 1.29 is 4.74 Å². The molecule has 0 spiro atoms. The SMILES string of the molecule is COc1ccc(C(C)Nc2ccc(N)c(CC#N)c2)cc1. The summed E-state index contributed by atoms with van der Waals surface area (Å²) in [5, 5.41) is 12.2. The van der Waals surface area contributed by atoms with Gasteiger partial charge in [0.25, 0.3) is 0 Å². The second kappa shape index (κ2) is 6.67. The van der Waals surface area contributed by atoms with E-state index in [9.17, 15) is 0 Å². The van der Waals surface area contributed by atoms with Crippen LogP contribution in [0.1, 0.15) is 24.1 Å². The van der Waals surface area contributed by atoms with Gasteiger partial charge in [0.2, 0.25) is 0 Å². The average Bonchev–Trinajstić information content (AvgIpc) is 2.51. The number of nitrogens with one attached hydrogen (secondary N) is 1. The van der Waals surface area contributed by atoms with E-state index in [-0.39, 0.29) is 6.04 Å². The van der Waals surface area contributed by atoms with Gasteiger partial charge in [-0.15, -0.1) is 0 Å². The van der Waals surface area contributed by atoms with E-state index in [1.165, 1.54) is 0 Å². The molecular weight excluding hydrogens is 262 g/mol. The van der Waals surface area contributed by atoms with Crippen LogP contribution in [0.2, 0.25) is 0 Å². The summed E-state index contributed by atoms with van der Waals surface area (Å²) in [6, 6.07) is 15.9. The van der Waals surface area contributed by atoms with Crippen LogP contribution in [0, 0.1) is 11.3 Å². The topological polar surface area (TPSA) is 71.1 Å². The van der Waals surface area contributed by atoms with Crippen molar-refractivity contribution in [2.75, 3.05) is 18.2 Å². The Bertz CT molecular complexity index is 644. The third kappa shape index (κ3) is 3.67. The van der Waals surface area contributed by atoms with Gasteiger partial charge >= 0.3 is 0 Å². The molecule has 0 aliphatic rings. The van der Waals surface area contributed by atoms with E-state index < -0.39 is 0 Å². The average molecular weight is 281 g/mol. The number of rotatable bonds is 5. The molecule has 0 aliphatic carbocycles. The number of nitriles is 1. The molecule has 2 aromatic carbocycles. The van der Waals surface area contributed by atoms with Crippen molar-refractivity contribution in [2.45, 2.75) is 19.4 Å². The van der Waals surface area contributed by atoms with Gasteiger partial charge in [-0.25, -0.2) is 0 Å². The summed E-state index contributed by atoms with van der Waals surface area (Å²) in [6.07, 6.45) is 0.318. The molecule has 0 aromatic heterocycles. The van der Waals surface area contributed by atoms with Crippen LogP contribution in [0.3, 0.4) is 0 Å². The maximum absolute atomic E-state index is 8.81. The molecule has 0 amide bonds. The highest BCUT2D eigenvalue weighted by molar-refractivity contribution is 5.58. The van der Waals surface area contributed by atoms with Crippen LogP contribution in [-0.4, -0.2) is 7.11 Å². The van der Waals surface area contributed by atoms with Gasteiger partial charge in [0.1, 0.15) is 5.75 Å². The van der Waals surface area contributed by atoms with E-state index in [0.717, 1.165) is 22.6 Å². The van der Waals surface area contributed by atoms with Crippen molar-refractivity contribution >= 4 is 11.4 Å². The molecule has 1 atom stereocenters. The number of benzene rings is 2. The lowest BCUT2D eigenvalue weighted by Gasteiger charge is -2.17. The van der Waals surface area contributed by atoms with Crippen LogP contribution < -0.4 is 15.8 Å². The van der Waals surface area contributed by atoms with E-state index in [1.54, 1.807) is 7.11 Å². The minimum atomic E-state index is 0.148. The number of anilines is 2. The van der Waals surface area contributed by atoms with Crippen molar-refractivity contribution in [3.8, 4) is 11.8 Å². The van der Waals surface area contributed by atoms with Crippen LogP contribution >= 0.6 is 0 Å². The van der Waals surface area contributed by atoms with Gasteiger partial charge < -0.3 is 15.8 Å². The molecule has 0 saturated carbocycles. The maximum atomic E-state index is 8.81. The quantitative estimate of drug-likeness (QED) is 0.823. The zero-order chi connectivity index (χ0) is 15.2. The fraction of sp³-hybridized carbons (Fsp3) is 0.235. The van der Waals surface area contributed by atoms with Crippen molar-refractivity contribution in [3.05, 3.63) is 53.6 Å². The molecule has 21 heavy (non-hydrogen) atoms. The van der Waals surface area contributed by atoms with Gasteiger partial charge in [0, 0.05) is 17.4 Å². The number of nitrogens with two attached hydrogens (primary N) is 1. The van der Waals surface area contributed by atoms with E-state index in [4.69, 9.17) is 15.7 Å². The van der Waals surface area contributed by atoms with Gasteiger partial charge in [0.15, 0.2) is 0 Å². The molecule has 1 unspecified atom stereocenters. The van der Waals surface area contributed by atoms with Crippen LogP contribution in [0.5, 0.6) is 5.75 Å². The number of ether oxygens (including phenoxy) is 1. The number of nitrogen functional groups attached to an aromatic ring is 1. The molecule has 2 aromatic rings. The zero-order valence-corrected chi connectivity index (χ0v) is 12.3. The molecule has 3 N–H and O–H groups in total. The molecule has 0 heterocycles. The molecule has 108 valence electrons. The molecule has 0 bridgehead atoms. The Labute approximate surface area is 125 Å². The predicted molar refractivity (Wildman–Crippen MR) is 85.2 cm³/mol. The van der Waals surface area contributed by atoms with E-state index >= 15 is 0 Å². The van der Waals surface area contributed by atoms with Crippen LogP contribution in [0.25, 0.3) is 0 Å². The van der Waals surface area contributed by atoms with E-state index in [2.05, 4.69) is 18.3 Å². The van der Waals surface area contributed by atoms with Crippen molar-refractivity contribution in [1.29, 1.82) is 5.26 Å². The highest BCUT2D eigenvalue weighted by atomic mass is 16.5. The summed E-state index contributed by atoms with van der Waals surface area (Å²) in [4.78, 5) is 0. The summed E-state index contributed by atoms with van der Waals surface area (Å²) in [7, 11) is 1.65. The second-order valence-electron chi connectivity index (χ2n) is 4.89. The largest absolute Gasteiger partial charge is 0.497 e. The van der Waals surface area contributed by atoms with Gasteiger partial charge in [0.05, 0.1) is 19.6 Å². The lowest BCUT2D eigenvalue weighted by molar-refractivity contribution is 0.414. The van der Waals surface area contributed by atoms with Crippen molar-refractivity contribution in [2.24, 2.45) is 0 Å². The van der Waals surface area contributed by atoms with Gasteiger partial charge in [-0.2, -0.15) is 5.26 Å². The summed E-state index contributed by atoms with van der Waals surface area (Å²) >= 11 is 0. The Kier molecular flexibility index (Phi) is 4.68. The number of nitrogens with zero attached hydrogens (tertiary/aromatic N) is 1. The minimum Gasteiger partial charge on any atom is -0.497 e. The lowest BCUT2D eigenvalue weighted by Crippen LogP contribution is -2.07. The summed E-state index contributed by atoms with van der Waals surface area (Å²) in [5.74, 6) is 0.842. The fourth-order valence-corrected chi connectivity index (χ4v) is 2.16. The molecule has 0 radical (unpaired) electrons. The Morgan fingerprint density at radius 2 is 1.95 bits per heavy atom. The monoisotopic (exact) mass is 281 g/mol. The Hall–Kier alpha value is -2.67. The first-order chi connectivity index (χ1) is 10.1. The molecule has 2 rings (SSSR count). The standard InChI is InChI=1S/C17H19N3O/c1-12(13-3-6-16(21-2)7-4-13)20-15-5-8-17(19)14(11-15)9-10-18/h3-8,11-12,20H,9,19H2,1-2H3. The first kappa shape index (κ1) is 14.7. The van der Waals surface area contributed by atoms with E-state index in [0.29, 0.717) is 12.1 Å². The van der Waals surface area contributed by atoms with Crippen LogP contribution in [0.15, 0.2) is 42.5 Å². The molecular formula is C17H19N3O. The van der Waals surface area contributed by atoms with Gasteiger partial charge in [-0.05, 0) is 48.4 Å².